The van der Waals surface area contributed by atoms with Crippen LogP contribution in [0.15, 0.2) is 0 Å². The van der Waals surface area contributed by atoms with Crippen molar-refractivity contribution in [3.05, 3.63) is 0 Å². The highest BCUT2D eigenvalue weighted by atomic mass is 16.4. The number of carboxylic acids is 1. The van der Waals surface area contributed by atoms with Crippen LogP contribution in [-0.2, 0) is 9.59 Å². The first-order chi connectivity index (χ1) is 7.08. The number of hydrogen-bond acceptors (Lipinski definition) is 2. The van der Waals surface area contributed by atoms with Crippen LogP contribution in [0.4, 0.5) is 0 Å². The minimum absolute atomic E-state index is 0.169. The smallest absolute Gasteiger partial charge is 0.329 e. The van der Waals surface area contributed by atoms with Crippen molar-refractivity contribution in [3.63, 3.8) is 0 Å². The van der Waals surface area contributed by atoms with Crippen LogP contribution >= 0.6 is 0 Å². The molecule has 1 unspecified atom stereocenters. The molecule has 2 aliphatic rings. The molecule has 2 aliphatic carbocycles. The monoisotopic (exact) mass is 211 g/mol. The lowest BCUT2D eigenvalue weighted by atomic mass is 9.93. The Morgan fingerprint density at radius 1 is 1.47 bits per heavy atom. The van der Waals surface area contributed by atoms with Crippen LogP contribution in [0.2, 0.25) is 0 Å². The second kappa shape index (κ2) is 3.51. The van der Waals surface area contributed by atoms with E-state index < -0.39 is 11.5 Å². The predicted octanol–water partition coefficient (Wildman–Crippen LogP) is 1.25. The second-order valence-corrected chi connectivity index (χ2v) is 4.97. The van der Waals surface area contributed by atoms with Gasteiger partial charge in [0, 0.05) is 6.04 Å². The Hall–Kier alpha value is -1.06. The molecule has 1 amide bonds. The Labute approximate surface area is 89.3 Å². The van der Waals surface area contributed by atoms with Gasteiger partial charge < -0.3 is 10.0 Å². The molecule has 1 N–H and O–H groups in total. The summed E-state index contributed by atoms with van der Waals surface area (Å²) in [5.74, 6) is -0.360. The van der Waals surface area contributed by atoms with E-state index in [2.05, 4.69) is 0 Å². The summed E-state index contributed by atoms with van der Waals surface area (Å²) in [7, 11) is 0. The highest BCUT2D eigenvalue weighted by Crippen LogP contribution is 2.41. The second-order valence-electron chi connectivity index (χ2n) is 4.97. The van der Waals surface area contributed by atoms with Crippen molar-refractivity contribution in [2.24, 2.45) is 5.92 Å². The number of aliphatic carboxylic acids is 1. The number of carboxylic acid groups (broad SMARTS) is 1. The highest BCUT2D eigenvalue weighted by molar-refractivity contribution is 5.81. The number of carbonyl (C=O) groups excluding carboxylic acids is 1. The van der Waals surface area contributed by atoms with Crippen molar-refractivity contribution in [3.8, 4) is 0 Å². The predicted molar refractivity (Wildman–Crippen MR) is 54.3 cm³/mol. The fraction of sp³-hybridized carbons (Fsp3) is 0.818. The van der Waals surface area contributed by atoms with Gasteiger partial charge >= 0.3 is 5.97 Å². The Bertz CT molecular complexity index is 284. The molecule has 0 aliphatic heterocycles. The fourth-order valence-electron chi connectivity index (χ4n) is 2.15. The minimum atomic E-state index is -0.982. The van der Waals surface area contributed by atoms with Gasteiger partial charge in [0.1, 0.15) is 5.54 Å². The summed E-state index contributed by atoms with van der Waals surface area (Å²) in [4.78, 5) is 23.8. The fourth-order valence-corrected chi connectivity index (χ4v) is 2.15. The zero-order valence-corrected chi connectivity index (χ0v) is 8.98. The molecule has 0 aromatic carbocycles. The average molecular weight is 211 g/mol. The molecule has 0 bridgehead atoms. The van der Waals surface area contributed by atoms with Gasteiger partial charge in [0.05, 0.1) is 0 Å². The SMILES string of the molecule is CC(CC1CC1)(C(=O)O)N(C=O)C1CC1. The average Bonchev–Trinajstić information content (AvgIpc) is 2.96. The van der Waals surface area contributed by atoms with Gasteiger partial charge in [-0.15, -0.1) is 0 Å². The van der Waals surface area contributed by atoms with Crippen LogP contribution in [0, 0.1) is 5.92 Å². The van der Waals surface area contributed by atoms with Gasteiger partial charge in [-0.25, -0.2) is 4.79 Å². The Morgan fingerprint density at radius 3 is 2.40 bits per heavy atom. The summed E-state index contributed by atoms with van der Waals surface area (Å²) < 4.78 is 0. The molecule has 4 nitrogen and oxygen atoms in total. The molecule has 4 heteroatoms. The summed E-state index contributed by atoms with van der Waals surface area (Å²) >= 11 is 0. The lowest BCUT2D eigenvalue weighted by Gasteiger charge is -2.35. The van der Waals surface area contributed by atoms with Crippen LogP contribution in [0.1, 0.15) is 39.0 Å². The molecule has 0 radical (unpaired) electrons. The quantitative estimate of drug-likeness (QED) is 0.673. The number of rotatable bonds is 6. The van der Waals surface area contributed by atoms with Crippen molar-refractivity contribution in [1.29, 1.82) is 0 Å². The summed E-state index contributed by atoms with van der Waals surface area (Å²) in [6.45, 7) is 1.68. The van der Waals surface area contributed by atoms with Crippen molar-refractivity contribution >= 4 is 12.4 Å². The molecule has 0 aromatic heterocycles. The zero-order valence-electron chi connectivity index (χ0n) is 8.98. The maximum Gasteiger partial charge on any atom is 0.329 e. The van der Waals surface area contributed by atoms with E-state index in [1.807, 2.05) is 0 Å². The third-order valence-electron chi connectivity index (χ3n) is 3.47. The van der Waals surface area contributed by atoms with Crippen LogP contribution in [-0.4, -0.2) is 34.0 Å². The van der Waals surface area contributed by atoms with E-state index in [1.165, 1.54) is 4.90 Å². The van der Waals surface area contributed by atoms with Crippen LogP contribution in [0.3, 0.4) is 0 Å². The van der Waals surface area contributed by atoms with E-state index >= 15 is 0 Å². The zero-order chi connectivity index (χ0) is 11.1. The van der Waals surface area contributed by atoms with Gasteiger partial charge in [-0.1, -0.05) is 12.8 Å². The lowest BCUT2D eigenvalue weighted by Crippen LogP contribution is -2.53. The van der Waals surface area contributed by atoms with Crippen molar-refractivity contribution in [2.75, 3.05) is 0 Å². The molecular weight excluding hydrogens is 194 g/mol. The van der Waals surface area contributed by atoms with Crippen LogP contribution in [0.5, 0.6) is 0 Å². The molecule has 0 spiro atoms. The molecule has 0 saturated heterocycles. The number of carbonyl (C=O) groups is 2. The lowest BCUT2D eigenvalue weighted by molar-refractivity contribution is -0.155. The topological polar surface area (TPSA) is 57.6 Å². The Balaban J connectivity index is 2.13. The largest absolute Gasteiger partial charge is 0.480 e. The maximum absolute atomic E-state index is 11.3. The van der Waals surface area contributed by atoms with Gasteiger partial charge in [0.25, 0.3) is 0 Å². The van der Waals surface area contributed by atoms with E-state index in [9.17, 15) is 14.7 Å². The molecule has 15 heavy (non-hydrogen) atoms. The third-order valence-corrected chi connectivity index (χ3v) is 3.47. The summed E-state index contributed by atoms with van der Waals surface area (Å²) in [6.07, 6.45) is 5.45. The summed E-state index contributed by atoms with van der Waals surface area (Å²) in [6, 6.07) is 0.169. The molecule has 2 fully saturated rings. The van der Waals surface area contributed by atoms with Crippen LogP contribution < -0.4 is 0 Å². The number of hydrogen-bond donors (Lipinski definition) is 1. The summed E-state index contributed by atoms with van der Waals surface area (Å²) in [5, 5.41) is 9.29. The molecule has 0 aromatic rings. The molecule has 0 heterocycles. The first-order valence-electron chi connectivity index (χ1n) is 5.55. The van der Waals surface area contributed by atoms with Gasteiger partial charge in [0.2, 0.25) is 6.41 Å². The van der Waals surface area contributed by atoms with E-state index in [-0.39, 0.29) is 6.04 Å². The highest BCUT2D eigenvalue weighted by Gasteiger charge is 2.48. The van der Waals surface area contributed by atoms with E-state index in [0.29, 0.717) is 18.7 Å². The third kappa shape index (κ3) is 1.98. The first-order valence-corrected chi connectivity index (χ1v) is 5.55. The van der Waals surface area contributed by atoms with Gasteiger partial charge in [-0.3, -0.25) is 4.79 Å². The molecule has 2 rings (SSSR count). The maximum atomic E-state index is 11.3. The molecule has 84 valence electrons. The minimum Gasteiger partial charge on any atom is -0.480 e. The van der Waals surface area contributed by atoms with Gasteiger partial charge in [-0.2, -0.15) is 0 Å². The van der Waals surface area contributed by atoms with E-state index in [0.717, 1.165) is 25.7 Å². The number of nitrogens with zero attached hydrogens (tertiary/aromatic N) is 1. The Morgan fingerprint density at radius 2 is 2.07 bits per heavy atom. The summed E-state index contributed by atoms with van der Waals surface area (Å²) in [5.41, 5.74) is -0.982. The van der Waals surface area contributed by atoms with E-state index in [4.69, 9.17) is 0 Å². The van der Waals surface area contributed by atoms with Crippen molar-refractivity contribution in [2.45, 2.75) is 50.6 Å². The van der Waals surface area contributed by atoms with Crippen molar-refractivity contribution in [1.82, 2.24) is 4.90 Å². The standard InChI is InChI=1S/C11H17NO3/c1-11(10(14)15,6-8-2-3-8)12(7-13)9-4-5-9/h7-9H,2-6H2,1H3,(H,14,15). The molecular formula is C11H17NO3. The Kier molecular flexibility index (Phi) is 2.44. The van der Waals surface area contributed by atoms with Crippen molar-refractivity contribution < 1.29 is 14.7 Å². The number of amides is 1. The van der Waals surface area contributed by atoms with Gasteiger partial charge in [-0.05, 0) is 32.1 Å². The molecule has 2 saturated carbocycles. The van der Waals surface area contributed by atoms with Gasteiger partial charge in [0.15, 0.2) is 0 Å². The molecule has 1 atom stereocenters. The van der Waals surface area contributed by atoms with Crippen LogP contribution in [0.25, 0.3) is 0 Å². The van der Waals surface area contributed by atoms with E-state index in [1.54, 1.807) is 6.92 Å². The normalized spacial score (nSPS) is 24.3. The first kappa shape index (κ1) is 10.5.